The van der Waals surface area contributed by atoms with E-state index in [1.54, 1.807) is 18.2 Å². The van der Waals surface area contributed by atoms with Crippen LogP contribution in [0, 0.1) is 17.6 Å². The second kappa shape index (κ2) is 8.88. The highest BCUT2D eigenvalue weighted by Crippen LogP contribution is 2.39. The molecule has 2 aromatic carbocycles. The molecule has 3 rings (SSSR count). The molecule has 0 bridgehead atoms. The third-order valence-electron chi connectivity index (χ3n) is 4.99. The Kier molecular flexibility index (Phi) is 6.52. The van der Waals surface area contributed by atoms with Gasteiger partial charge in [0.15, 0.2) is 0 Å². The molecule has 1 saturated heterocycles. The number of halogens is 3. The van der Waals surface area contributed by atoms with Gasteiger partial charge >= 0.3 is 5.97 Å². The fourth-order valence-electron chi connectivity index (χ4n) is 3.75. The molecule has 7 heteroatoms. The van der Waals surface area contributed by atoms with Crippen LogP contribution < -0.4 is 4.74 Å². The maximum Gasteiger partial charge on any atom is 0.307 e. The molecule has 2 unspecified atom stereocenters. The summed E-state index contributed by atoms with van der Waals surface area (Å²) >= 11 is 6.21. The molecule has 0 aliphatic carbocycles. The van der Waals surface area contributed by atoms with E-state index >= 15 is 0 Å². The van der Waals surface area contributed by atoms with Gasteiger partial charge in [0, 0.05) is 28.8 Å². The topological polar surface area (TPSA) is 49.8 Å². The highest BCUT2D eigenvalue weighted by Gasteiger charge is 2.34. The number of carbonyl (C=O) groups is 1. The molecule has 1 heterocycles. The van der Waals surface area contributed by atoms with Crippen molar-refractivity contribution >= 4 is 17.6 Å². The average Bonchev–Trinajstić information content (AvgIpc) is 2.66. The van der Waals surface area contributed by atoms with E-state index in [-0.39, 0.29) is 12.1 Å². The van der Waals surface area contributed by atoms with Crippen LogP contribution in [-0.4, -0.2) is 35.7 Å². The van der Waals surface area contributed by atoms with Crippen molar-refractivity contribution in [2.24, 2.45) is 5.92 Å². The molecule has 28 heavy (non-hydrogen) atoms. The summed E-state index contributed by atoms with van der Waals surface area (Å²) < 4.78 is 34.0. The molecule has 2 aromatic rings. The number of rotatable bonds is 6. The lowest BCUT2D eigenvalue weighted by atomic mass is 9.90. The maximum absolute atomic E-state index is 14.8. The number of carboxylic acids is 1. The molecule has 4 nitrogen and oxygen atoms in total. The summed E-state index contributed by atoms with van der Waals surface area (Å²) in [5.74, 6) is -2.24. The van der Waals surface area contributed by atoms with Gasteiger partial charge in [-0.05, 0) is 50.6 Å². The predicted molar refractivity (Wildman–Crippen MR) is 103 cm³/mol. The highest BCUT2D eigenvalue weighted by molar-refractivity contribution is 6.30. The van der Waals surface area contributed by atoms with Gasteiger partial charge in [0.05, 0.1) is 18.6 Å². The molecule has 0 amide bonds. The molecule has 0 saturated carbocycles. The van der Waals surface area contributed by atoms with Crippen molar-refractivity contribution in [3.8, 4) is 5.75 Å². The summed E-state index contributed by atoms with van der Waals surface area (Å²) in [5.41, 5.74) is 0.890. The van der Waals surface area contributed by atoms with E-state index in [0.29, 0.717) is 42.3 Å². The van der Waals surface area contributed by atoms with Gasteiger partial charge in [0.2, 0.25) is 0 Å². The zero-order chi connectivity index (χ0) is 20.3. The average molecular weight is 410 g/mol. The Balaban J connectivity index is 2.12. The lowest BCUT2D eigenvalue weighted by Gasteiger charge is -2.38. The van der Waals surface area contributed by atoms with Gasteiger partial charge in [0.25, 0.3) is 0 Å². The molecule has 1 aliphatic heterocycles. The van der Waals surface area contributed by atoms with Gasteiger partial charge in [-0.25, -0.2) is 8.78 Å². The molecule has 0 aromatic heterocycles. The number of aliphatic carboxylic acids is 1. The van der Waals surface area contributed by atoms with Gasteiger partial charge < -0.3 is 9.84 Å². The zero-order valence-corrected chi connectivity index (χ0v) is 16.3. The number of hydrogen-bond donors (Lipinski definition) is 1. The maximum atomic E-state index is 14.8. The van der Waals surface area contributed by atoms with E-state index in [9.17, 15) is 18.7 Å². The SMILES string of the molecule is CCOc1ccc(Cl)cc1C(c1ccc(F)cc1F)N1CCCC(C(=O)O)C1. The Labute approximate surface area is 167 Å². The summed E-state index contributed by atoms with van der Waals surface area (Å²) in [5, 5.41) is 9.91. The highest BCUT2D eigenvalue weighted by atomic mass is 35.5. The van der Waals surface area contributed by atoms with Gasteiger partial charge in [-0.15, -0.1) is 0 Å². The number of carboxylic acid groups (broad SMARTS) is 1. The molecule has 150 valence electrons. The molecule has 1 aliphatic rings. The standard InChI is InChI=1S/C21H22ClF2NO3/c1-2-28-19-8-5-14(22)10-17(19)20(16-7-6-15(23)11-18(16)24)25-9-3-4-13(12-25)21(26)27/h5-8,10-11,13,20H,2-4,9,12H2,1H3,(H,26,27). The molecule has 0 spiro atoms. The minimum atomic E-state index is -0.876. The van der Waals surface area contributed by atoms with Crippen LogP contribution in [0.3, 0.4) is 0 Å². The molecular formula is C21H22ClF2NO3. The first-order valence-corrected chi connectivity index (χ1v) is 9.62. The second-order valence-electron chi connectivity index (χ2n) is 6.86. The third kappa shape index (κ3) is 4.45. The van der Waals surface area contributed by atoms with Crippen LogP contribution in [0.1, 0.15) is 36.9 Å². The second-order valence-corrected chi connectivity index (χ2v) is 7.29. The summed E-state index contributed by atoms with van der Waals surface area (Å²) in [6.07, 6.45) is 1.24. The first-order valence-electron chi connectivity index (χ1n) is 9.24. The Bertz CT molecular complexity index is 862. The van der Waals surface area contributed by atoms with E-state index < -0.39 is 29.6 Å². The molecule has 2 atom stereocenters. The summed E-state index contributed by atoms with van der Waals surface area (Å²) in [6, 6.07) is 7.91. The smallest absolute Gasteiger partial charge is 0.307 e. The fraction of sp³-hybridized carbons (Fsp3) is 0.381. The van der Waals surface area contributed by atoms with Crippen molar-refractivity contribution in [1.82, 2.24) is 4.90 Å². The van der Waals surface area contributed by atoms with Crippen molar-refractivity contribution in [1.29, 1.82) is 0 Å². The van der Waals surface area contributed by atoms with Crippen molar-refractivity contribution in [2.45, 2.75) is 25.8 Å². The lowest BCUT2D eigenvalue weighted by Crippen LogP contribution is -2.41. The minimum Gasteiger partial charge on any atom is -0.494 e. The van der Waals surface area contributed by atoms with E-state index in [2.05, 4.69) is 0 Å². The van der Waals surface area contributed by atoms with Crippen LogP contribution in [-0.2, 0) is 4.79 Å². The van der Waals surface area contributed by atoms with E-state index in [1.807, 2.05) is 11.8 Å². The predicted octanol–water partition coefficient (Wildman–Crippen LogP) is 4.90. The monoisotopic (exact) mass is 409 g/mol. The molecular weight excluding hydrogens is 388 g/mol. The number of piperidine rings is 1. The Hall–Kier alpha value is -2.18. The Morgan fingerprint density at radius 1 is 1.29 bits per heavy atom. The molecule has 1 N–H and O–H groups in total. The van der Waals surface area contributed by atoms with Gasteiger partial charge in [-0.1, -0.05) is 17.7 Å². The minimum absolute atomic E-state index is 0.259. The van der Waals surface area contributed by atoms with Crippen molar-refractivity contribution in [3.63, 3.8) is 0 Å². The fourth-order valence-corrected chi connectivity index (χ4v) is 3.93. The summed E-state index contributed by atoms with van der Waals surface area (Å²) in [4.78, 5) is 13.4. The van der Waals surface area contributed by atoms with Crippen LogP contribution in [0.25, 0.3) is 0 Å². The van der Waals surface area contributed by atoms with Crippen LogP contribution in [0.15, 0.2) is 36.4 Å². The Morgan fingerprint density at radius 2 is 2.07 bits per heavy atom. The van der Waals surface area contributed by atoms with Crippen molar-refractivity contribution in [2.75, 3.05) is 19.7 Å². The first-order chi connectivity index (χ1) is 13.4. The Morgan fingerprint density at radius 3 is 2.75 bits per heavy atom. The van der Waals surface area contributed by atoms with Crippen LogP contribution in [0.4, 0.5) is 8.78 Å². The van der Waals surface area contributed by atoms with Crippen molar-refractivity contribution in [3.05, 3.63) is 64.2 Å². The number of nitrogens with zero attached hydrogens (tertiary/aromatic N) is 1. The quantitative estimate of drug-likeness (QED) is 0.737. The van der Waals surface area contributed by atoms with Crippen molar-refractivity contribution < 1.29 is 23.4 Å². The van der Waals surface area contributed by atoms with Crippen LogP contribution in [0.5, 0.6) is 5.75 Å². The lowest BCUT2D eigenvalue weighted by molar-refractivity contribution is -0.143. The van der Waals surface area contributed by atoms with Gasteiger partial charge in [0.1, 0.15) is 17.4 Å². The molecule has 0 radical (unpaired) electrons. The summed E-state index contributed by atoms with van der Waals surface area (Å²) in [6.45, 7) is 3.09. The first kappa shape index (κ1) is 20.6. The summed E-state index contributed by atoms with van der Waals surface area (Å²) in [7, 11) is 0. The molecule has 1 fully saturated rings. The van der Waals surface area contributed by atoms with Gasteiger partial charge in [-0.3, -0.25) is 9.69 Å². The van der Waals surface area contributed by atoms with Crippen LogP contribution >= 0.6 is 11.6 Å². The normalized spacial score (nSPS) is 18.6. The zero-order valence-electron chi connectivity index (χ0n) is 15.5. The van der Waals surface area contributed by atoms with Gasteiger partial charge in [-0.2, -0.15) is 0 Å². The number of likely N-dealkylation sites (tertiary alicyclic amines) is 1. The number of hydrogen-bond acceptors (Lipinski definition) is 3. The van der Waals surface area contributed by atoms with E-state index in [4.69, 9.17) is 16.3 Å². The number of ether oxygens (including phenoxy) is 1. The van der Waals surface area contributed by atoms with E-state index in [1.165, 1.54) is 12.1 Å². The van der Waals surface area contributed by atoms with Crippen LogP contribution in [0.2, 0.25) is 5.02 Å². The largest absolute Gasteiger partial charge is 0.494 e. The number of benzene rings is 2. The van der Waals surface area contributed by atoms with E-state index in [0.717, 1.165) is 6.07 Å². The third-order valence-corrected chi connectivity index (χ3v) is 5.23.